The summed E-state index contributed by atoms with van der Waals surface area (Å²) in [6.45, 7) is 3.36. The Morgan fingerprint density at radius 1 is 1.17 bits per heavy atom. The first-order valence-corrected chi connectivity index (χ1v) is 8.53. The molecule has 1 heterocycles. The molecule has 0 unspecified atom stereocenters. The van der Waals surface area contributed by atoms with Crippen LogP contribution in [0.25, 0.3) is 0 Å². The Labute approximate surface area is 149 Å². The quantitative estimate of drug-likeness (QED) is 0.647. The minimum atomic E-state index is -0.238. The Bertz CT molecular complexity index is 725. The number of amides is 1. The van der Waals surface area contributed by atoms with E-state index in [0.717, 1.165) is 36.3 Å². The molecule has 24 heavy (non-hydrogen) atoms. The van der Waals surface area contributed by atoms with E-state index in [1.165, 1.54) is 5.69 Å². The van der Waals surface area contributed by atoms with Gasteiger partial charge in [0, 0.05) is 28.8 Å². The number of carbonyl (C=O) groups excluding carboxylic acids is 1. The number of hydrogen-bond donors (Lipinski definition) is 1. The topological polar surface area (TPSA) is 53.9 Å². The van der Waals surface area contributed by atoms with Crippen molar-refractivity contribution in [2.75, 3.05) is 31.2 Å². The van der Waals surface area contributed by atoms with Crippen molar-refractivity contribution < 1.29 is 9.53 Å². The molecule has 0 aromatic heterocycles. The molecule has 0 spiro atoms. The van der Waals surface area contributed by atoms with E-state index in [1.54, 1.807) is 18.3 Å². The summed E-state index contributed by atoms with van der Waals surface area (Å²) < 4.78 is 6.22. The fourth-order valence-electron chi connectivity index (χ4n) is 2.45. The number of halogens is 1. The van der Waals surface area contributed by atoms with E-state index in [-0.39, 0.29) is 5.91 Å². The zero-order valence-electron chi connectivity index (χ0n) is 13.1. The molecule has 0 bridgehead atoms. The molecule has 1 saturated heterocycles. The first-order valence-electron chi connectivity index (χ1n) is 7.74. The van der Waals surface area contributed by atoms with Crippen LogP contribution in [0, 0.1) is 0 Å². The molecule has 0 aliphatic carbocycles. The number of morpholine rings is 1. The summed E-state index contributed by atoms with van der Waals surface area (Å²) >= 11 is 3.34. The molecular weight excluding hydrogens is 370 g/mol. The number of benzene rings is 2. The summed E-state index contributed by atoms with van der Waals surface area (Å²) in [5, 5.41) is 4.02. The second-order valence-electron chi connectivity index (χ2n) is 5.40. The molecule has 0 atom stereocenters. The number of hydrogen-bond acceptors (Lipinski definition) is 4. The molecule has 124 valence electrons. The smallest absolute Gasteiger partial charge is 0.271 e. The normalized spacial score (nSPS) is 14.8. The van der Waals surface area contributed by atoms with Crippen LogP contribution in [0.5, 0.6) is 0 Å². The van der Waals surface area contributed by atoms with Gasteiger partial charge in [-0.2, -0.15) is 5.10 Å². The van der Waals surface area contributed by atoms with Gasteiger partial charge in [-0.3, -0.25) is 4.79 Å². The van der Waals surface area contributed by atoms with Gasteiger partial charge in [-0.25, -0.2) is 5.43 Å². The van der Waals surface area contributed by atoms with Gasteiger partial charge in [0.05, 0.1) is 19.4 Å². The van der Waals surface area contributed by atoms with Crippen LogP contribution >= 0.6 is 15.9 Å². The van der Waals surface area contributed by atoms with Crippen LogP contribution in [-0.2, 0) is 4.74 Å². The fraction of sp³-hybridized carbons (Fsp3) is 0.222. The van der Waals surface area contributed by atoms with Crippen LogP contribution in [-0.4, -0.2) is 38.4 Å². The van der Waals surface area contributed by atoms with Crippen molar-refractivity contribution in [2.24, 2.45) is 5.10 Å². The molecule has 1 aliphatic heterocycles. The van der Waals surface area contributed by atoms with E-state index >= 15 is 0 Å². The van der Waals surface area contributed by atoms with Crippen LogP contribution in [0.3, 0.4) is 0 Å². The van der Waals surface area contributed by atoms with E-state index in [0.29, 0.717) is 5.56 Å². The molecule has 1 amide bonds. The Morgan fingerprint density at radius 3 is 2.62 bits per heavy atom. The van der Waals surface area contributed by atoms with Crippen LogP contribution < -0.4 is 10.3 Å². The third kappa shape index (κ3) is 4.43. The molecule has 6 heteroatoms. The first kappa shape index (κ1) is 16.7. The van der Waals surface area contributed by atoms with Crippen molar-refractivity contribution in [2.45, 2.75) is 0 Å². The molecule has 2 aromatic carbocycles. The maximum absolute atomic E-state index is 12.0. The summed E-state index contributed by atoms with van der Waals surface area (Å²) in [6, 6.07) is 15.3. The highest BCUT2D eigenvalue weighted by molar-refractivity contribution is 9.10. The van der Waals surface area contributed by atoms with Gasteiger partial charge < -0.3 is 9.64 Å². The van der Waals surface area contributed by atoms with Gasteiger partial charge in [-0.15, -0.1) is 0 Å². The Kier molecular flexibility index (Phi) is 5.61. The van der Waals surface area contributed by atoms with Gasteiger partial charge in [-0.05, 0) is 35.9 Å². The molecule has 1 fully saturated rings. The Hall–Kier alpha value is -2.18. The number of rotatable bonds is 4. The summed E-state index contributed by atoms with van der Waals surface area (Å²) in [7, 11) is 0. The lowest BCUT2D eigenvalue weighted by molar-refractivity contribution is 0.0955. The summed E-state index contributed by atoms with van der Waals surface area (Å²) in [6.07, 6.45) is 1.64. The van der Waals surface area contributed by atoms with Crippen LogP contribution in [0.2, 0.25) is 0 Å². The van der Waals surface area contributed by atoms with Gasteiger partial charge in [-0.1, -0.05) is 34.1 Å². The summed E-state index contributed by atoms with van der Waals surface area (Å²) in [5.41, 5.74) is 5.20. The highest BCUT2D eigenvalue weighted by Crippen LogP contribution is 2.16. The first-order chi connectivity index (χ1) is 11.7. The molecule has 3 rings (SSSR count). The zero-order chi connectivity index (χ0) is 16.8. The number of nitrogens with one attached hydrogen (secondary N) is 1. The molecule has 2 aromatic rings. The Morgan fingerprint density at radius 2 is 1.92 bits per heavy atom. The van der Waals surface area contributed by atoms with Crippen molar-refractivity contribution in [1.82, 2.24) is 5.43 Å². The lowest BCUT2D eigenvalue weighted by Crippen LogP contribution is -2.36. The maximum atomic E-state index is 12.0. The van der Waals surface area contributed by atoms with Crippen LogP contribution in [0.15, 0.2) is 58.1 Å². The van der Waals surface area contributed by atoms with Gasteiger partial charge in [0.2, 0.25) is 0 Å². The average molecular weight is 388 g/mol. The highest BCUT2D eigenvalue weighted by atomic mass is 79.9. The molecule has 1 N–H and O–H groups in total. The standard InChI is InChI=1S/C18H18BrN3O2/c19-16-3-1-2-15(12-16)18(23)21-20-13-14-4-6-17(7-5-14)22-8-10-24-11-9-22/h1-7,12-13H,8-11H2,(H,21,23)/b20-13+. The average Bonchev–Trinajstić information content (AvgIpc) is 2.63. The maximum Gasteiger partial charge on any atom is 0.271 e. The molecule has 0 radical (unpaired) electrons. The summed E-state index contributed by atoms with van der Waals surface area (Å²) in [4.78, 5) is 14.3. The van der Waals surface area contributed by atoms with Gasteiger partial charge in [0.1, 0.15) is 0 Å². The largest absolute Gasteiger partial charge is 0.378 e. The van der Waals surface area contributed by atoms with E-state index in [9.17, 15) is 4.79 Å². The van der Waals surface area contributed by atoms with Gasteiger partial charge in [0.25, 0.3) is 5.91 Å². The van der Waals surface area contributed by atoms with Crippen molar-refractivity contribution in [3.63, 3.8) is 0 Å². The van der Waals surface area contributed by atoms with Crippen molar-refractivity contribution in [3.05, 3.63) is 64.1 Å². The second-order valence-corrected chi connectivity index (χ2v) is 6.32. The van der Waals surface area contributed by atoms with Crippen LogP contribution in [0.1, 0.15) is 15.9 Å². The van der Waals surface area contributed by atoms with E-state index in [4.69, 9.17) is 4.74 Å². The van der Waals surface area contributed by atoms with Gasteiger partial charge >= 0.3 is 0 Å². The van der Waals surface area contributed by atoms with Crippen molar-refractivity contribution in [3.8, 4) is 0 Å². The van der Waals surface area contributed by atoms with Crippen LogP contribution in [0.4, 0.5) is 5.69 Å². The molecule has 5 nitrogen and oxygen atoms in total. The summed E-state index contributed by atoms with van der Waals surface area (Å²) in [5.74, 6) is -0.238. The van der Waals surface area contributed by atoms with Crippen molar-refractivity contribution >= 4 is 33.7 Å². The van der Waals surface area contributed by atoms with E-state index in [2.05, 4.69) is 43.5 Å². The lowest BCUT2D eigenvalue weighted by atomic mass is 10.2. The zero-order valence-corrected chi connectivity index (χ0v) is 14.7. The van der Waals surface area contributed by atoms with Gasteiger partial charge in [0.15, 0.2) is 0 Å². The lowest BCUT2D eigenvalue weighted by Gasteiger charge is -2.28. The minimum Gasteiger partial charge on any atom is -0.378 e. The SMILES string of the molecule is O=C(N/N=C/c1ccc(N2CCOCC2)cc1)c1cccc(Br)c1. The third-order valence-corrected chi connectivity index (χ3v) is 4.23. The number of ether oxygens (including phenoxy) is 1. The number of nitrogens with zero attached hydrogens (tertiary/aromatic N) is 2. The predicted octanol–water partition coefficient (Wildman–Crippen LogP) is 3.05. The second kappa shape index (κ2) is 8.08. The molecule has 1 aliphatic rings. The number of hydrazone groups is 1. The monoisotopic (exact) mass is 387 g/mol. The Balaban J connectivity index is 1.57. The highest BCUT2D eigenvalue weighted by Gasteiger charge is 2.10. The minimum absolute atomic E-state index is 0.238. The van der Waals surface area contributed by atoms with E-state index < -0.39 is 0 Å². The van der Waals surface area contributed by atoms with E-state index in [1.807, 2.05) is 24.3 Å². The predicted molar refractivity (Wildman–Crippen MR) is 98.7 cm³/mol. The van der Waals surface area contributed by atoms with Crippen molar-refractivity contribution in [1.29, 1.82) is 0 Å². The molecular formula is C18H18BrN3O2. The number of anilines is 1. The molecule has 0 saturated carbocycles. The fourth-order valence-corrected chi connectivity index (χ4v) is 2.85. The third-order valence-electron chi connectivity index (χ3n) is 3.74. The number of carbonyl (C=O) groups is 1.